The largest absolute Gasteiger partial charge is 0.493 e. The predicted molar refractivity (Wildman–Crippen MR) is 84.4 cm³/mol. The van der Waals surface area contributed by atoms with Gasteiger partial charge in [0, 0.05) is 25.2 Å². The van der Waals surface area contributed by atoms with Gasteiger partial charge in [-0.25, -0.2) is 0 Å². The second-order valence-electron chi connectivity index (χ2n) is 4.84. The molecule has 0 fully saturated rings. The van der Waals surface area contributed by atoms with Crippen molar-refractivity contribution in [3.63, 3.8) is 0 Å². The van der Waals surface area contributed by atoms with Crippen molar-refractivity contribution in [1.29, 1.82) is 0 Å². The first kappa shape index (κ1) is 17.6. The van der Waals surface area contributed by atoms with E-state index in [-0.39, 0.29) is 11.9 Å². The SMILES string of the molecule is CCCOc1c(Cl)cc(C(=O)N(C)C(C)CN)cc1OC. The van der Waals surface area contributed by atoms with Gasteiger partial charge in [-0.15, -0.1) is 0 Å². The number of benzene rings is 1. The minimum atomic E-state index is -0.157. The fourth-order valence-electron chi connectivity index (χ4n) is 1.75. The van der Waals surface area contributed by atoms with Crippen molar-refractivity contribution in [3.8, 4) is 11.5 Å². The Kier molecular flexibility index (Phi) is 6.78. The molecule has 1 rings (SSSR count). The Morgan fingerprint density at radius 3 is 2.67 bits per heavy atom. The fraction of sp³-hybridized carbons (Fsp3) is 0.533. The molecule has 0 spiro atoms. The zero-order valence-corrected chi connectivity index (χ0v) is 13.7. The second-order valence-corrected chi connectivity index (χ2v) is 5.25. The third-order valence-corrected chi connectivity index (χ3v) is 3.53. The number of hydrogen-bond acceptors (Lipinski definition) is 4. The molecule has 1 amide bonds. The van der Waals surface area contributed by atoms with E-state index in [0.29, 0.717) is 35.2 Å². The summed E-state index contributed by atoms with van der Waals surface area (Å²) in [5.74, 6) is 0.760. The molecular weight excluding hydrogens is 292 g/mol. The number of nitrogens with zero attached hydrogens (tertiary/aromatic N) is 1. The van der Waals surface area contributed by atoms with Crippen LogP contribution in [0.4, 0.5) is 0 Å². The Morgan fingerprint density at radius 2 is 2.14 bits per heavy atom. The lowest BCUT2D eigenvalue weighted by Gasteiger charge is -2.24. The first-order valence-corrected chi connectivity index (χ1v) is 7.31. The molecule has 1 unspecified atom stereocenters. The van der Waals surface area contributed by atoms with Gasteiger partial charge >= 0.3 is 0 Å². The monoisotopic (exact) mass is 314 g/mol. The van der Waals surface area contributed by atoms with Gasteiger partial charge in [0.2, 0.25) is 0 Å². The predicted octanol–water partition coefficient (Wildman–Crippen LogP) is 2.56. The van der Waals surface area contributed by atoms with Gasteiger partial charge in [-0.2, -0.15) is 0 Å². The van der Waals surface area contributed by atoms with Gasteiger partial charge in [-0.1, -0.05) is 18.5 Å². The van der Waals surface area contributed by atoms with E-state index in [2.05, 4.69) is 0 Å². The standard InChI is InChI=1S/C15H23ClN2O3/c1-5-6-21-14-12(16)7-11(8-13(14)20-4)15(19)18(3)10(2)9-17/h7-8,10H,5-6,9,17H2,1-4H3. The third-order valence-electron chi connectivity index (χ3n) is 3.25. The van der Waals surface area contributed by atoms with Crippen molar-refractivity contribution in [2.24, 2.45) is 5.73 Å². The molecule has 6 heteroatoms. The maximum absolute atomic E-state index is 12.4. The molecule has 21 heavy (non-hydrogen) atoms. The number of likely N-dealkylation sites (N-methyl/N-ethyl adjacent to an activating group) is 1. The Hall–Kier alpha value is -1.46. The lowest BCUT2D eigenvalue weighted by Crippen LogP contribution is -2.39. The van der Waals surface area contributed by atoms with Crippen LogP contribution in [0.1, 0.15) is 30.6 Å². The second kappa shape index (κ2) is 8.10. The lowest BCUT2D eigenvalue weighted by atomic mass is 10.1. The zero-order chi connectivity index (χ0) is 16.0. The van der Waals surface area contributed by atoms with E-state index in [9.17, 15) is 4.79 Å². The molecule has 0 aliphatic carbocycles. The highest BCUT2D eigenvalue weighted by atomic mass is 35.5. The first-order valence-electron chi connectivity index (χ1n) is 6.93. The maximum Gasteiger partial charge on any atom is 0.254 e. The van der Waals surface area contributed by atoms with Crippen molar-refractivity contribution in [2.75, 3.05) is 27.3 Å². The van der Waals surface area contributed by atoms with Gasteiger partial charge in [0.25, 0.3) is 5.91 Å². The highest BCUT2D eigenvalue weighted by Gasteiger charge is 2.20. The summed E-state index contributed by atoms with van der Waals surface area (Å²) in [5.41, 5.74) is 6.04. The number of carbonyl (C=O) groups excluding carboxylic acids is 1. The van der Waals surface area contributed by atoms with Gasteiger partial charge in [-0.3, -0.25) is 4.79 Å². The molecule has 0 radical (unpaired) electrons. The van der Waals surface area contributed by atoms with E-state index in [1.807, 2.05) is 13.8 Å². The molecule has 0 aromatic heterocycles. The number of nitrogens with two attached hydrogens (primary N) is 1. The van der Waals surface area contributed by atoms with Gasteiger partial charge in [0.05, 0.1) is 18.7 Å². The van der Waals surface area contributed by atoms with Crippen LogP contribution in [-0.4, -0.2) is 44.2 Å². The molecule has 0 saturated heterocycles. The number of methoxy groups -OCH3 is 1. The molecule has 1 aromatic carbocycles. The average Bonchev–Trinajstić information content (AvgIpc) is 2.50. The lowest BCUT2D eigenvalue weighted by molar-refractivity contribution is 0.0748. The molecule has 0 saturated carbocycles. The van der Waals surface area contributed by atoms with Crippen molar-refractivity contribution in [3.05, 3.63) is 22.7 Å². The Bertz CT molecular complexity index is 494. The van der Waals surface area contributed by atoms with Crippen LogP contribution in [0, 0.1) is 0 Å². The molecule has 2 N–H and O–H groups in total. The molecule has 1 aromatic rings. The molecule has 0 aliphatic rings. The summed E-state index contributed by atoms with van der Waals surface area (Å²) in [7, 11) is 3.23. The van der Waals surface area contributed by atoms with Crippen LogP contribution < -0.4 is 15.2 Å². The van der Waals surface area contributed by atoms with Crippen LogP contribution in [0.5, 0.6) is 11.5 Å². The number of halogens is 1. The minimum Gasteiger partial charge on any atom is -0.493 e. The van der Waals surface area contributed by atoms with Gasteiger partial charge in [-0.05, 0) is 25.5 Å². The quantitative estimate of drug-likeness (QED) is 0.840. The number of carbonyl (C=O) groups is 1. The minimum absolute atomic E-state index is 0.0571. The smallest absolute Gasteiger partial charge is 0.254 e. The molecule has 118 valence electrons. The van der Waals surface area contributed by atoms with E-state index in [0.717, 1.165) is 6.42 Å². The van der Waals surface area contributed by atoms with E-state index in [4.69, 9.17) is 26.8 Å². The van der Waals surface area contributed by atoms with Crippen LogP contribution in [0.2, 0.25) is 5.02 Å². The van der Waals surface area contributed by atoms with Gasteiger partial charge < -0.3 is 20.1 Å². The summed E-state index contributed by atoms with van der Waals surface area (Å²) in [4.78, 5) is 14.0. The van der Waals surface area contributed by atoms with Crippen LogP contribution in [0.3, 0.4) is 0 Å². The Balaban J connectivity index is 3.10. The number of hydrogen-bond donors (Lipinski definition) is 1. The van der Waals surface area contributed by atoms with E-state index in [1.54, 1.807) is 24.1 Å². The first-order chi connectivity index (χ1) is 9.96. The number of amides is 1. The fourth-order valence-corrected chi connectivity index (χ4v) is 2.01. The third kappa shape index (κ3) is 4.25. The van der Waals surface area contributed by atoms with Crippen molar-refractivity contribution < 1.29 is 14.3 Å². The highest BCUT2D eigenvalue weighted by Crippen LogP contribution is 2.36. The Labute approximate surface area is 131 Å². The number of ether oxygens (including phenoxy) is 2. The van der Waals surface area contributed by atoms with E-state index in [1.165, 1.54) is 7.11 Å². The van der Waals surface area contributed by atoms with Crippen molar-refractivity contribution in [2.45, 2.75) is 26.3 Å². The van der Waals surface area contributed by atoms with Crippen molar-refractivity contribution >= 4 is 17.5 Å². The molecule has 0 bridgehead atoms. The zero-order valence-electron chi connectivity index (χ0n) is 13.0. The summed E-state index contributed by atoms with van der Waals surface area (Å²) in [6.07, 6.45) is 0.858. The van der Waals surface area contributed by atoms with E-state index < -0.39 is 0 Å². The number of rotatable bonds is 7. The van der Waals surface area contributed by atoms with Gasteiger partial charge in [0.15, 0.2) is 11.5 Å². The van der Waals surface area contributed by atoms with Crippen LogP contribution in [-0.2, 0) is 0 Å². The van der Waals surface area contributed by atoms with Gasteiger partial charge in [0.1, 0.15) is 0 Å². The molecule has 0 heterocycles. The highest BCUT2D eigenvalue weighted by molar-refractivity contribution is 6.32. The van der Waals surface area contributed by atoms with E-state index >= 15 is 0 Å². The summed E-state index contributed by atoms with van der Waals surface area (Å²) in [6.45, 7) is 4.81. The summed E-state index contributed by atoms with van der Waals surface area (Å²) >= 11 is 6.21. The molecule has 0 aliphatic heterocycles. The van der Waals surface area contributed by atoms with Crippen LogP contribution in [0.25, 0.3) is 0 Å². The normalized spacial score (nSPS) is 11.9. The molecule has 5 nitrogen and oxygen atoms in total. The summed E-state index contributed by atoms with van der Waals surface area (Å²) in [6, 6.07) is 3.18. The van der Waals surface area contributed by atoms with Crippen LogP contribution in [0.15, 0.2) is 12.1 Å². The topological polar surface area (TPSA) is 64.8 Å². The van der Waals surface area contributed by atoms with Crippen LogP contribution >= 0.6 is 11.6 Å². The molecule has 1 atom stereocenters. The molecular formula is C15H23ClN2O3. The summed E-state index contributed by atoms with van der Waals surface area (Å²) < 4.78 is 10.8. The average molecular weight is 315 g/mol. The summed E-state index contributed by atoms with van der Waals surface area (Å²) in [5, 5.41) is 0.361. The van der Waals surface area contributed by atoms with Crippen molar-refractivity contribution in [1.82, 2.24) is 4.90 Å². The maximum atomic E-state index is 12.4. The Morgan fingerprint density at radius 1 is 1.48 bits per heavy atom.